The number of H-pyrrole nitrogens is 1. The van der Waals surface area contributed by atoms with Crippen molar-refractivity contribution >= 4 is 17.1 Å². The number of aromatic amines is 1. The van der Waals surface area contributed by atoms with Crippen molar-refractivity contribution in [2.24, 2.45) is 0 Å². The van der Waals surface area contributed by atoms with Gasteiger partial charge in [-0.3, -0.25) is 13.9 Å². The molecular formula is C22H23N5O5. The Morgan fingerprint density at radius 2 is 1.84 bits per heavy atom. The van der Waals surface area contributed by atoms with Crippen LogP contribution in [0.2, 0.25) is 0 Å². The molecule has 0 radical (unpaired) electrons. The third kappa shape index (κ3) is 3.75. The Morgan fingerprint density at radius 3 is 2.56 bits per heavy atom. The highest BCUT2D eigenvalue weighted by Crippen LogP contribution is 2.23. The highest BCUT2D eigenvalue weighted by molar-refractivity contribution is 5.92. The predicted molar refractivity (Wildman–Crippen MR) is 117 cm³/mol. The first-order chi connectivity index (χ1) is 15.4. The lowest BCUT2D eigenvalue weighted by Crippen LogP contribution is -2.40. The Balaban J connectivity index is 1.71. The van der Waals surface area contributed by atoms with Gasteiger partial charge in [0.1, 0.15) is 5.52 Å². The summed E-state index contributed by atoms with van der Waals surface area (Å²) in [5.74, 6) is -0.449. The number of nitrogens with zero attached hydrogens (tertiary/aromatic N) is 4. The number of aryl methyl sites for hydroxylation is 2. The molecule has 0 aliphatic rings. The van der Waals surface area contributed by atoms with Gasteiger partial charge in [0, 0.05) is 13.1 Å². The zero-order valence-electron chi connectivity index (χ0n) is 18.0. The molecule has 166 valence electrons. The molecule has 0 saturated carbocycles. The van der Waals surface area contributed by atoms with Crippen LogP contribution in [0, 0.1) is 6.92 Å². The number of hydrogen-bond acceptors (Lipinski definition) is 7. The number of imidazole rings is 1. The zero-order chi connectivity index (χ0) is 22.8. The largest absolute Gasteiger partial charge is 0.387 e. The molecule has 0 aliphatic heterocycles. The van der Waals surface area contributed by atoms with Gasteiger partial charge in [-0.05, 0) is 31.4 Å². The standard InChI is InChI=1S/C22H23N5O5/c1-4-10-26-19-17(20(28)27(11-5-2)22(26)30)23-18(24-19)15-12-16(32-25-15)31-21(29)14-9-7-6-8-13(14)3/h6-9,12H,4-5,10-11H2,1-3H3,(H,23,24). The van der Waals surface area contributed by atoms with Gasteiger partial charge in [-0.2, -0.15) is 0 Å². The number of esters is 1. The number of hydrogen-bond donors (Lipinski definition) is 1. The van der Waals surface area contributed by atoms with Crippen LogP contribution in [0.25, 0.3) is 22.7 Å². The minimum absolute atomic E-state index is 0.108. The minimum atomic E-state index is -0.574. The van der Waals surface area contributed by atoms with E-state index in [9.17, 15) is 14.4 Å². The van der Waals surface area contributed by atoms with Gasteiger partial charge in [0.05, 0.1) is 11.6 Å². The van der Waals surface area contributed by atoms with Crippen molar-refractivity contribution in [3.8, 4) is 17.5 Å². The van der Waals surface area contributed by atoms with Crippen LogP contribution in [-0.4, -0.2) is 30.2 Å². The molecule has 0 aliphatic carbocycles. The second-order valence-electron chi connectivity index (χ2n) is 7.41. The molecule has 0 amide bonds. The van der Waals surface area contributed by atoms with Gasteiger partial charge >= 0.3 is 17.6 Å². The van der Waals surface area contributed by atoms with Crippen molar-refractivity contribution in [1.82, 2.24) is 24.3 Å². The molecule has 0 bridgehead atoms. The lowest BCUT2D eigenvalue weighted by atomic mass is 10.1. The summed E-state index contributed by atoms with van der Waals surface area (Å²) in [7, 11) is 0. The molecule has 0 fully saturated rings. The number of carbonyl (C=O) groups excluding carboxylic acids is 1. The molecule has 10 heteroatoms. The van der Waals surface area contributed by atoms with Crippen LogP contribution in [0.5, 0.6) is 5.95 Å². The van der Waals surface area contributed by atoms with Crippen LogP contribution >= 0.6 is 0 Å². The number of carbonyl (C=O) groups is 1. The van der Waals surface area contributed by atoms with Crippen LogP contribution in [0.15, 0.2) is 44.4 Å². The van der Waals surface area contributed by atoms with E-state index in [0.29, 0.717) is 31.5 Å². The molecule has 0 spiro atoms. The van der Waals surface area contributed by atoms with Gasteiger partial charge < -0.3 is 14.2 Å². The van der Waals surface area contributed by atoms with Crippen molar-refractivity contribution in [1.29, 1.82) is 0 Å². The number of ether oxygens (including phenoxy) is 1. The summed E-state index contributed by atoms with van der Waals surface area (Å²) in [5.41, 5.74) is 1.06. The fraction of sp³-hybridized carbons (Fsp3) is 0.318. The van der Waals surface area contributed by atoms with E-state index in [4.69, 9.17) is 9.26 Å². The number of fused-ring (bicyclic) bond motifs is 1. The van der Waals surface area contributed by atoms with Crippen molar-refractivity contribution < 1.29 is 14.1 Å². The fourth-order valence-corrected chi connectivity index (χ4v) is 3.50. The first-order valence-corrected chi connectivity index (χ1v) is 10.4. The van der Waals surface area contributed by atoms with E-state index in [0.717, 1.165) is 5.56 Å². The summed E-state index contributed by atoms with van der Waals surface area (Å²) in [6.45, 7) is 6.37. The van der Waals surface area contributed by atoms with Gasteiger partial charge in [-0.15, -0.1) is 0 Å². The van der Waals surface area contributed by atoms with Crippen molar-refractivity contribution in [2.45, 2.75) is 46.7 Å². The molecule has 3 aromatic heterocycles. The molecule has 4 rings (SSSR count). The maximum Gasteiger partial charge on any atom is 0.346 e. The Kier molecular flexibility index (Phi) is 5.76. The Bertz CT molecular complexity index is 1410. The van der Waals surface area contributed by atoms with E-state index in [2.05, 4.69) is 15.1 Å². The molecule has 4 aromatic rings. The molecule has 1 N–H and O–H groups in total. The number of nitrogens with one attached hydrogen (secondary N) is 1. The second kappa shape index (κ2) is 8.66. The average molecular weight is 437 g/mol. The summed E-state index contributed by atoms with van der Waals surface area (Å²) in [5, 5.41) is 3.90. The molecule has 0 saturated heterocycles. The van der Waals surface area contributed by atoms with Gasteiger partial charge in [0.15, 0.2) is 17.2 Å². The highest BCUT2D eigenvalue weighted by Gasteiger charge is 2.20. The van der Waals surface area contributed by atoms with Gasteiger partial charge in [0.25, 0.3) is 5.56 Å². The summed E-state index contributed by atoms with van der Waals surface area (Å²) < 4.78 is 13.1. The average Bonchev–Trinajstić information content (AvgIpc) is 3.42. The molecule has 32 heavy (non-hydrogen) atoms. The fourth-order valence-electron chi connectivity index (χ4n) is 3.50. The third-order valence-electron chi connectivity index (χ3n) is 5.05. The topological polar surface area (TPSA) is 125 Å². The highest BCUT2D eigenvalue weighted by atomic mass is 16.6. The molecule has 10 nitrogen and oxygen atoms in total. The summed E-state index contributed by atoms with van der Waals surface area (Å²) in [6, 6.07) is 8.43. The van der Waals surface area contributed by atoms with Crippen LogP contribution in [0.3, 0.4) is 0 Å². The quantitative estimate of drug-likeness (QED) is 0.441. The van der Waals surface area contributed by atoms with Crippen LogP contribution in [-0.2, 0) is 13.1 Å². The smallest absolute Gasteiger partial charge is 0.346 e. The third-order valence-corrected chi connectivity index (χ3v) is 5.05. The molecule has 0 atom stereocenters. The summed E-state index contributed by atoms with van der Waals surface area (Å²) >= 11 is 0. The number of benzene rings is 1. The SMILES string of the molecule is CCCn1c(=O)c2[nH]c(-c3cc(OC(=O)c4ccccc4C)on3)nc2n(CCC)c1=O. The van der Waals surface area contributed by atoms with Crippen molar-refractivity contribution in [3.63, 3.8) is 0 Å². The van der Waals surface area contributed by atoms with E-state index in [1.54, 1.807) is 25.1 Å². The number of rotatable bonds is 7. The Hall–Kier alpha value is -3.95. The maximum atomic E-state index is 12.8. The number of aromatic nitrogens is 5. The predicted octanol–water partition coefficient (Wildman–Crippen LogP) is 2.89. The van der Waals surface area contributed by atoms with E-state index in [-0.39, 0.29) is 28.6 Å². The second-order valence-corrected chi connectivity index (χ2v) is 7.41. The molecule has 1 aromatic carbocycles. The Labute approximate surface area is 182 Å². The van der Waals surface area contributed by atoms with E-state index in [1.807, 2.05) is 19.9 Å². The van der Waals surface area contributed by atoms with Gasteiger partial charge in [0.2, 0.25) is 0 Å². The van der Waals surface area contributed by atoms with Crippen molar-refractivity contribution in [2.75, 3.05) is 0 Å². The summed E-state index contributed by atoms with van der Waals surface area (Å²) in [6.07, 6.45) is 1.34. The monoisotopic (exact) mass is 437 g/mol. The molecule has 0 unspecified atom stereocenters. The van der Waals surface area contributed by atoms with Gasteiger partial charge in [-0.25, -0.2) is 14.6 Å². The lowest BCUT2D eigenvalue weighted by Gasteiger charge is -2.09. The van der Waals surface area contributed by atoms with Crippen LogP contribution < -0.4 is 16.0 Å². The summed E-state index contributed by atoms with van der Waals surface area (Å²) in [4.78, 5) is 45.4. The van der Waals surface area contributed by atoms with E-state index < -0.39 is 17.2 Å². The first kappa shape index (κ1) is 21.3. The first-order valence-electron chi connectivity index (χ1n) is 10.4. The van der Waals surface area contributed by atoms with Crippen LogP contribution in [0.1, 0.15) is 42.6 Å². The van der Waals surface area contributed by atoms with Crippen LogP contribution in [0.4, 0.5) is 0 Å². The van der Waals surface area contributed by atoms with E-state index in [1.165, 1.54) is 15.2 Å². The normalized spacial score (nSPS) is 11.2. The maximum absolute atomic E-state index is 12.8. The van der Waals surface area contributed by atoms with Gasteiger partial charge in [-0.1, -0.05) is 37.2 Å². The molecular weight excluding hydrogens is 414 g/mol. The van der Waals surface area contributed by atoms with E-state index >= 15 is 0 Å². The zero-order valence-corrected chi connectivity index (χ0v) is 18.0. The molecule has 3 heterocycles. The Morgan fingerprint density at radius 1 is 1.12 bits per heavy atom. The lowest BCUT2D eigenvalue weighted by molar-refractivity contribution is 0.0679. The minimum Gasteiger partial charge on any atom is -0.387 e. The van der Waals surface area contributed by atoms with Crippen molar-refractivity contribution in [3.05, 3.63) is 62.3 Å².